The van der Waals surface area contributed by atoms with Gasteiger partial charge in [0.1, 0.15) is 6.17 Å². The van der Waals surface area contributed by atoms with Crippen molar-refractivity contribution in [1.82, 2.24) is 10.2 Å². The highest BCUT2D eigenvalue weighted by Gasteiger charge is 2.34. The zero-order valence-corrected chi connectivity index (χ0v) is 12.9. The van der Waals surface area contributed by atoms with Crippen LogP contribution in [0.25, 0.3) is 0 Å². The Labute approximate surface area is 126 Å². The van der Waals surface area contributed by atoms with E-state index in [-0.39, 0.29) is 12.1 Å². The van der Waals surface area contributed by atoms with Gasteiger partial charge in [-0.15, -0.1) is 0 Å². The van der Waals surface area contributed by atoms with Crippen LogP contribution in [0.3, 0.4) is 0 Å². The van der Waals surface area contributed by atoms with Crippen molar-refractivity contribution in [3.05, 3.63) is 34.9 Å². The predicted octanol–water partition coefficient (Wildman–Crippen LogP) is 2.16. The molecule has 2 aliphatic rings. The van der Waals surface area contributed by atoms with E-state index in [0.717, 1.165) is 32.6 Å². The standard InChI is InChI=1S/C17H24N2O2/c1-12-5-6-15(13(2)8-12)17-18-9-16(20)19(17)10-14-4-3-7-21-11-14/h5-6,8,14,17-18H,3-4,7,9-11H2,1-2H3. The molecule has 21 heavy (non-hydrogen) atoms. The maximum Gasteiger partial charge on any atom is 0.238 e. The second kappa shape index (κ2) is 6.16. The third-order valence-electron chi connectivity index (χ3n) is 4.51. The average Bonchev–Trinajstić information content (AvgIpc) is 2.82. The van der Waals surface area contributed by atoms with Crippen LogP contribution in [-0.2, 0) is 9.53 Å². The summed E-state index contributed by atoms with van der Waals surface area (Å²) < 4.78 is 5.55. The van der Waals surface area contributed by atoms with Gasteiger partial charge in [0.15, 0.2) is 0 Å². The highest BCUT2D eigenvalue weighted by atomic mass is 16.5. The molecular formula is C17H24N2O2. The van der Waals surface area contributed by atoms with E-state index in [4.69, 9.17) is 4.74 Å². The number of rotatable bonds is 3. The Morgan fingerprint density at radius 3 is 2.95 bits per heavy atom. The minimum Gasteiger partial charge on any atom is -0.381 e. The number of nitrogens with one attached hydrogen (secondary N) is 1. The largest absolute Gasteiger partial charge is 0.381 e. The number of hydrogen-bond acceptors (Lipinski definition) is 3. The first-order valence-corrected chi connectivity index (χ1v) is 7.83. The van der Waals surface area contributed by atoms with Gasteiger partial charge in [0.05, 0.1) is 13.2 Å². The Kier molecular flexibility index (Phi) is 4.27. The molecular weight excluding hydrogens is 264 g/mol. The highest BCUT2D eigenvalue weighted by molar-refractivity contribution is 5.81. The van der Waals surface area contributed by atoms with Gasteiger partial charge >= 0.3 is 0 Å². The third-order valence-corrected chi connectivity index (χ3v) is 4.51. The van der Waals surface area contributed by atoms with E-state index in [1.807, 2.05) is 4.90 Å². The molecule has 1 aromatic rings. The van der Waals surface area contributed by atoms with Gasteiger partial charge in [0.25, 0.3) is 0 Å². The monoisotopic (exact) mass is 288 g/mol. The Hall–Kier alpha value is -1.39. The number of nitrogens with zero attached hydrogens (tertiary/aromatic N) is 1. The van der Waals surface area contributed by atoms with Crippen LogP contribution >= 0.6 is 0 Å². The van der Waals surface area contributed by atoms with Crippen molar-refractivity contribution in [3.63, 3.8) is 0 Å². The molecule has 2 aliphatic heterocycles. The number of amides is 1. The molecule has 4 heteroatoms. The molecule has 0 saturated carbocycles. The molecule has 3 rings (SSSR count). The fourth-order valence-corrected chi connectivity index (χ4v) is 3.39. The molecule has 1 amide bonds. The summed E-state index contributed by atoms with van der Waals surface area (Å²) in [6, 6.07) is 6.45. The van der Waals surface area contributed by atoms with Gasteiger partial charge in [-0.25, -0.2) is 0 Å². The summed E-state index contributed by atoms with van der Waals surface area (Å²) in [5, 5.41) is 3.36. The predicted molar refractivity (Wildman–Crippen MR) is 81.9 cm³/mol. The minimum atomic E-state index is 0.0139. The van der Waals surface area contributed by atoms with Gasteiger partial charge in [0, 0.05) is 19.1 Å². The number of ether oxygens (including phenoxy) is 1. The van der Waals surface area contributed by atoms with E-state index in [2.05, 4.69) is 37.4 Å². The quantitative estimate of drug-likeness (QED) is 0.926. The summed E-state index contributed by atoms with van der Waals surface area (Å²) in [5.74, 6) is 0.668. The summed E-state index contributed by atoms with van der Waals surface area (Å²) >= 11 is 0. The number of benzene rings is 1. The first-order valence-electron chi connectivity index (χ1n) is 7.83. The molecule has 0 spiro atoms. The zero-order valence-electron chi connectivity index (χ0n) is 12.9. The van der Waals surface area contributed by atoms with Crippen LogP contribution in [0.2, 0.25) is 0 Å². The Bertz CT molecular complexity index is 524. The maximum absolute atomic E-state index is 12.2. The molecule has 0 bridgehead atoms. The first kappa shape index (κ1) is 14.5. The lowest BCUT2D eigenvalue weighted by Crippen LogP contribution is -2.37. The molecule has 2 saturated heterocycles. The fourth-order valence-electron chi connectivity index (χ4n) is 3.39. The normalized spacial score (nSPS) is 26.4. The van der Waals surface area contributed by atoms with Crippen LogP contribution in [0.4, 0.5) is 0 Å². The molecule has 0 aliphatic carbocycles. The molecule has 2 fully saturated rings. The van der Waals surface area contributed by atoms with Crippen molar-refractivity contribution in [2.24, 2.45) is 5.92 Å². The van der Waals surface area contributed by atoms with Crippen LogP contribution in [0.5, 0.6) is 0 Å². The van der Waals surface area contributed by atoms with Crippen molar-refractivity contribution in [1.29, 1.82) is 0 Å². The maximum atomic E-state index is 12.2. The molecule has 0 radical (unpaired) electrons. The number of carbonyl (C=O) groups excluding carboxylic acids is 1. The fraction of sp³-hybridized carbons (Fsp3) is 0.588. The van der Waals surface area contributed by atoms with Gasteiger partial charge < -0.3 is 9.64 Å². The van der Waals surface area contributed by atoms with Crippen LogP contribution in [0.15, 0.2) is 18.2 Å². The molecule has 2 unspecified atom stereocenters. The van der Waals surface area contributed by atoms with Gasteiger partial charge in [-0.3, -0.25) is 10.1 Å². The molecule has 4 nitrogen and oxygen atoms in total. The van der Waals surface area contributed by atoms with Crippen LogP contribution < -0.4 is 5.32 Å². The summed E-state index contributed by atoms with van der Waals surface area (Å²) in [7, 11) is 0. The van der Waals surface area contributed by atoms with Crippen molar-refractivity contribution >= 4 is 5.91 Å². The van der Waals surface area contributed by atoms with Crippen molar-refractivity contribution < 1.29 is 9.53 Å². The van der Waals surface area contributed by atoms with E-state index in [1.165, 1.54) is 16.7 Å². The Morgan fingerprint density at radius 1 is 1.38 bits per heavy atom. The topological polar surface area (TPSA) is 41.6 Å². The van der Waals surface area contributed by atoms with Crippen molar-refractivity contribution in [2.45, 2.75) is 32.9 Å². The van der Waals surface area contributed by atoms with Crippen molar-refractivity contribution in [3.8, 4) is 0 Å². The third kappa shape index (κ3) is 3.11. The Balaban J connectivity index is 1.78. The molecule has 114 valence electrons. The van der Waals surface area contributed by atoms with E-state index in [1.54, 1.807) is 0 Å². The van der Waals surface area contributed by atoms with E-state index in [9.17, 15) is 4.79 Å². The molecule has 2 atom stereocenters. The van der Waals surface area contributed by atoms with Crippen LogP contribution in [0, 0.1) is 19.8 Å². The number of carbonyl (C=O) groups is 1. The van der Waals surface area contributed by atoms with Gasteiger partial charge in [0.2, 0.25) is 5.91 Å². The molecule has 1 aromatic carbocycles. The minimum absolute atomic E-state index is 0.0139. The first-order chi connectivity index (χ1) is 10.1. The summed E-state index contributed by atoms with van der Waals surface area (Å²) in [6.07, 6.45) is 2.28. The summed E-state index contributed by atoms with van der Waals surface area (Å²) in [6.45, 7) is 7.10. The number of hydrogen-bond donors (Lipinski definition) is 1. The average molecular weight is 288 g/mol. The highest BCUT2D eigenvalue weighted by Crippen LogP contribution is 2.28. The lowest BCUT2D eigenvalue weighted by Gasteiger charge is -2.31. The second-order valence-corrected chi connectivity index (χ2v) is 6.27. The van der Waals surface area contributed by atoms with Crippen LogP contribution in [-0.4, -0.2) is 37.1 Å². The molecule has 0 aromatic heterocycles. The van der Waals surface area contributed by atoms with E-state index >= 15 is 0 Å². The van der Waals surface area contributed by atoms with E-state index < -0.39 is 0 Å². The van der Waals surface area contributed by atoms with Crippen LogP contribution in [0.1, 0.15) is 35.7 Å². The Morgan fingerprint density at radius 2 is 2.24 bits per heavy atom. The summed E-state index contributed by atoms with van der Waals surface area (Å²) in [4.78, 5) is 14.2. The van der Waals surface area contributed by atoms with Gasteiger partial charge in [-0.1, -0.05) is 23.8 Å². The zero-order chi connectivity index (χ0) is 14.8. The van der Waals surface area contributed by atoms with E-state index in [0.29, 0.717) is 12.5 Å². The SMILES string of the molecule is Cc1ccc(C2NCC(=O)N2CC2CCCOC2)c(C)c1. The lowest BCUT2D eigenvalue weighted by atomic mass is 9.99. The lowest BCUT2D eigenvalue weighted by molar-refractivity contribution is -0.129. The second-order valence-electron chi connectivity index (χ2n) is 6.27. The van der Waals surface area contributed by atoms with Gasteiger partial charge in [-0.2, -0.15) is 0 Å². The van der Waals surface area contributed by atoms with Gasteiger partial charge in [-0.05, 0) is 37.8 Å². The summed E-state index contributed by atoms with van der Waals surface area (Å²) in [5.41, 5.74) is 3.71. The number of aryl methyl sites for hydroxylation is 2. The smallest absolute Gasteiger partial charge is 0.238 e. The molecule has 2 heterocycles. The van der Waals surface area contributed by atoms with Crippen molar-refractivity contribution in [2.75, 3.05) is 26.3 Å². The molecule has 1 N–H and O–H groups in total.